The molecule has 0 saturated carbocycles. The summed E-state index contributed by atoms with van der Waals surface area (Å²) in [5, 5.41) is 10.6. The molecule has 8 heteroatoms. The Balaban J connectivity index is 2.60. The third-order valence-electron chi connectivity index (χ3n) is 2.74. The van der Waals surface area contributed by atoms with E-state index in [-0.39, 0.29) is 31.5 Å². The van der Waals surface area contributed by atoms with Gasteiger partial charge in [0.25, 0.3) is 5.69 Å². The Labute approximate surface area is 139 Å². The summed E-state index contributed by atoms with van der Waals surface area (Å²) in [6, 6.07) is 5.57. The van der Waals surface area contributed by atoms with E-state index in [0.717, 1.165) is 4.90 Å². The highest BCUT2D eigenvalue weighted by atomic mass is 16.6. The SMILES string of the molecule is C#CCN(CC(=O)OC(C)C)C(=O)OCc1ccc([N+](=O)[O-])cc1. The van der Waals surface area contributed by atoms with E-state index in [9.17, 15) is 19.7 Å². The third-order valence-corrected chi connectivity index (χ3v) is 2.74. The number of terminal acetylenes is 1. The fraction of sp³-hybridized carbons (Fsp3) is 0.375. The quantitative estimate of drug-likeness (QED) is 0.328. The van der Waals surface area contributed by atoms with E-state index in [4.69, 9.17) is 15.9 Å². The van der Waals surface area contributed by atoms with Crippen LogP contribution in [-0.2, 0) is 20.9 Å². The summed E-state index contributed by atoms with van der Waals surface area (Å²) in [6.45, 7) is 2.86. The summed E-state index contributed by atoms with van der Waals surface area (Å²) in [4.78, 5) is 34.7. The van der Waals surface area contributed by atoms with Crippen molar-refractivity contribution in [2.24, 2.45) is 0 Å². The number of ether oxygens (including phenoxy) is 2. The number of benzene rings is 1. The molecule has 8 nitrogen and oxygen atoms in total. The summed E-state index contributed by atoms with van der Waals surface area (Å²) in [6.07, 6.45) is 4.11. The molecule has 128 valence electrons. The van der Waals surface area contributed by atoms with Crippen LogP contribution in [0.25, 0.3) is 0 Å². The van der Waals surface area contributed by atoms with Gasteiger partial charge in [-0.05, 0) is 31.5 Å². The summed E-state index contributed by atoms with van der Waals surface area (Å²) in [5.74, 6) is 1.68. The second-order valence-electron chi connectivity index (χ2n) is 5.08. The fourth-order valence-corrected chi connectivity index (χ4v) is 1.70. The summed E-state index contributed by atoms with van der Waals surface area (Å²) >= 11 is 0. The first-order valence-electron chi connectivity index (χ1n) is 7.11. The van der Waals surface area contributed by atoms with Crippen molar-refractivity contribution in [2.45, 2.75) is 26.6 Å². The number of nitrogens with zero attached hydrogens (tertiary/aromatic N) is 2. The van der Waals surface area contributed by atoms with Crippen molar-refractivity contribution < 1.29 is 24.0 Å². The van der Waals surface area contributed by atoms with Crippen molar-refractivity contribution in [1.82, 2.24) is 4.90 Å². The van der Waals surface area contributed by atoms with Crippen LogP contribution >= 0.6 is 0 Å². The molecule has 1 amide bonds. The van der Waals surface area contributed by atoms with Gasteiger partial charge in [-0.1, -0.05) is 5.92 Å². The maximum atomic E-state index is 12.0. The molecule has 0 aromatic heterocycles. The zero-order valence-corrected chi connectivity index (χ0v) is 13.4. The molecule has 0 heterocycles. The Bertz CT molecular complexity index is 633. The van der Waals surface area contributed by atoms with Crippen LogP contribution in [-0.4, -0.2) is 41.1 Å². The molecule has 1 aromatic carbocycles. The molecule has 1 aromatic rings. The number of rotatable bonds is 7. The number of nitro groups is 1. The minimum absolute atomic E-state index is 0.0598. The molecule has 0 aliphatic heterocycles. The zero-order chi connectivity index (χ0) is 18.1. The van der Waals surface area contributed by atoms with E-state index in [1.165, 1.54) is 24.3 Å². The number of nitro benzene ring substituents is 1. The molecular weight excluding hydrogens is 316 g/mol. The second kappa shape index (κ2) is 9.15. The highest BCUT2D eigenvalue weighted by molar-refractivity contribution is 5.78. The molecule has 0 aliphatic carbocycles. The van der Waals surface area contributed by atoms with E-state index >= 15 is 0 Å². The van der Waals surface area contributed by atoms with Crippen molar-refractivity contribution in [1.29, 1.82) is 0 Å². The van der Waals surface area contributed by atoms with Crippen LogP contribution in [0.5, 0.6) is 0 Å². The van der Waals surface area contributed by atoms with Crippen molar-refractivity contribution >= 4 is 17.7 Å². The molecule has 0 atom stereocenters. The lowest BCUT2D eigenvalue weighted by molar-refractivity contribution is -0.384. The lowest BCUT2D eigenvalue weighted by Crippen LogP contribution is -2.37. The predicted molar refractivity (Wildman–Crippen MR) is 84.9 cm³/mol. The molecule has 24 heavy (non-hydrogen) atoms. The molecule has 0 fully saturated rings. The normalized spacial score (nSPS) is 9.92. The van der Waals surface area contributed by atoms with E-state index in [0.29, 0.717) is 5.56 Å². The fourth-order valence-electron chi connectivity index (χ4n) is 1.70. The summed E-state index contributed by atoms with van der Waals surface area (Å²) in [7, 11) is 0. The molecule has 0 radical (unpaired) electrons. The predicted octanol–water partition coefficient (Wildman–Crippen LogP) is 2.12. The third kappa shape index (κ3) is 6.36. The molecule has 0 aliphatic rings. The average Bonchev–Trinajstić information content (AvgIpc) is 2.51. The van der Waals surface area contributed by atoms with Gasteiger partial charge in [0, 0.05) is 12.1 Å². The first-order chi connectivity index (χ1) is 11.3. The van der Waals surface area contributed by atoms with Gasteiger partial charge in [0.05, 0.1) is 17.6 Å². The van der Waals surface area contributed by atoms with E-state index < -0.39 is 17.0 Å². The van der Waals surface area contributed by atoms with E-state index in [1.54, 1.807) is 13.8 Å². The number of esters is 1. The summed E-state index contributed by atoms with van der Waals surface area (Å²) in [5.41, 5.74) is 0.509. The molecule has 0 bridgehead atoms. The maximum Gasteiger partial charge on any atom is 0.411 e. The van der Waals surface area contributed by atoms with Crippen LogP contribution in [0.2, 0.25) is 0 Å². The monoisotopic (exact) mass is 334 g/mol. The molecule has 0 saturated heterocycles. The van der Waals surface area contributed by atoms with Crippen LogP contribution in [0.3, 0.4) is 0 Å². The Kier molecular flexibility index (Phi) is 7.23. The maximum absolute atomic E-state index is 12.0. The van der Waals surface area contributed by atoms with Gasteiger partial charge in [-0.2, -0.15) is 0 Å². The van der Waals surface area contributed by atoms with Crippen molar-refractivity contribution in [3.05, 3.63) is 39.9 Å². The standard InChI is InChI=1S/C16H18N2O6/c1-4-9-17(10-15(19)24-12(2)3)16(20)23-11-13-5-7-14(8-6-13)18(21)22/h1,5-8,12H,9-11H2,2-3H3. The Hall–Kier alpha value is -3.08. The second-order valence-corrected chi connectivity index (χ2v) is 5.08. The Morgan fingerprint density at radius 2 is 1.96 bits per heavy atom. The van der Waals surface area contributed by atoms with Gasteiger partial charge >= 0.3 is 12.1 Å². The van der Waals surface area contributed by atoms with Gasteiger partial charge in [-0.15, -0.1) is 6.42 Å². The molecule has 1 rings (SSSR count). The molecule has 0 N–H and O–H groups in total. The number of hydrogen-bond acceptors (Lipinski definition) is 6. The minimum Gasteiger partial charge on any atom is -0.462 e. The van der Waals surface area contributed by atoms with Gasteiger partial charge in [0.1, 0.15) is 13.2 Å². The van der Waals surface area contributed by atoms with Gasteiger partial charge in [0.2, 0.25) is 0 Å². The zero-order valence-electron chi connectivity index (χ0n) is 13.4. The van der Waals surface area contributed by atoms with Gasteiger partial charge in [-0.3, -0.25) is 19.8 Å². The van der Waals surface area contributed by atoms with Crippen LogP contribution in [0.4, 0.5) is 10.5 Å². The Morgan fingerprint density at radius 3 is 2.46 bits per heavy atom. The summed E-state index contributed by atoms with van der Waals surface area (Å²) < 4.78 is 10.0. The molecule has 0 unspecified atom stereocenters. The molecule has 0 spiro atoms. The highest BCUT2D eigenvalue weighted by Crippen LogP contribution is 2.13. The first kappa shape index (κ1) is 19.0. The van der Waals surface area contributed by atoms with Crippen LogP contribution in [0.15, 0.2) is 24.3 Å². The van der Waals surface area contributed by atoms with Crippen molar-refractivity contribution in [2.75, 3.05) is 13.1 Å². The van der Waals surface area contributed by atoms with Crippen LogP contribution in [0.1, 0.15) is 19.4 Å². The Morgan fingerprint density at radius 1 is 1.33 bits per heavy atom. The minimum atomic E-state index is -0.771. The number of amides is 1. The largest absolute Gasteiger partial charge is 0.462 e. The van der Waals surface area contributed by atoms with Crippen LogP contribution in [0, 0.1) is 22.5 Å². The smallest absolute Gasteiger partial charge is 0.411 e. The topological polar surface area (TPSA) is 99.0 Å². The van der Waals surface area contributed by atoms with E-state index in [1.807, 2.05) is 0 Å². The van der Waals surface area contributed by atoms with E-state index in [2.05, 4.69) is 5.92 Å². The van der Waals surface area contributed by atoms with Gasteiger partial charge in [-0.25, -0.2) is 4.79 Å². The van der Waals surface area contributed by atoms with Crippen molar-refractivity contribution in [3.8, 4) is 12.3 Å². The molecular formula is C16H18N2O6. The average molecular weight is 334 g/mol. The van der Waals surface area contributed by atoms with Crippen molar-refractivity contribution in [3.63, 3.8) is 0 Å². The lowest BCUT2D eigenvalue weighted by Gasteiger charge is -2.19. The number of carbonyl (C=O) groups excluding carboxylic acids is 2. The number of non-ortho nitro benzene ring substituents is 1. The van der Waals surface area contributed by atoms with Gasteiger partial charge in [0.15, 0.2) is 0 Å². The number of hydrogen-bond donors (Lipinski definition) is 0. The highest BCUT2D eigenvalue weighted by Gasteiger charge is 2.19. The first-order valence-corrected chi connectivity index (χ1v) is 7.11. The number of carbonyl (C=O) groups is 2. The van der Waals surface area contributed by atoms with Crippen LogP contribution < -0.4 is 0 Å². The lowest BCUT2D eigenvalue weighted by atomic mass is 10.2. The van der Waals surface area contributed by atoms with Gasteiger partial charge < -0.3 is 9.47 Å².